The van der Waals surface area contributed by atoms with Crippen LogP contribution in [0.15, 0.2) is 46.9 Å². The Kier molecular flexibility index (Phi) is 5.55. The molecule has 1 N–H and O–H groups in total. The van der Waals surface area contributed by atoms with Crippen LogP contribution in [-0.2, 0) is 9.53 Å². The van der Waals surface area contributed by atoms with Gasteiger partial charge in [0.15, 0.2) is 6.10 Å². The van der Waals surface area contributed by atoms with Crippen LogP contribution in [0, 0.1) is 13.8 Å². The smallest absolute Gasteiger partial charge is 0.340 e. The summed E-state index contributed by atoms with van der Waals surface area (Å²) in [4.78, 5) is 24.3. The third-order valence-electron chi connectivity index (χ3n) is 3.39. The molecule has 0 aliphatic rings. The number of anilines is 1. The fraction of sp³-hybridized carbons (Fsp3) is 0.222. The average molecular weight is 376 g/mol. The van der Waals surface area contributed by atoms with E-state index in [-0.39, 0.29) is 5.91 Å². The third-order valence-corrected chi connectivity index (χ3v) is 4.08. The summed E-state index contributed by atoms with van der Waals surface area (Å²) in [6.45, 7) is 5.45. The molecule has 0 bridgehead atoms. The number of benzene rings is 2. The summed E-state index contributed by atoms with van der Waals surface area (Å²) in [5.74, 6) is -0.905. The fourth-order valence-corrected chi connectivity index (χ4v) is 2.54. The van der Waals surface area contributed by atoms with Gasteiger partial charge in [0, 0.05) is 10.2 Å². The summed E-state index contributed by atoms with van der Waals surface area (Å²) in [6, 6.07) is 12.7. The first-order valence-electron chi connectivity index (χ1n) is 7.22. The van der Waals surface area contributed by atoms with Gasteiger partial charge in [0.25, 0.3) is 5.91 Å². The number of esters is 1. The first kappa shape index (κ1) is 17.2. The van der Waals surface area contributed by atoms with Gasteiger partial charge in [-0.2, -0.15) is 0 Å². The zero-order valence-corrected chi connectivity index (χ0v) is 14.8. The standard InChI is InChI=1S/C18H18BrNO3/c1-11-8-9-16(12(2)10-11)20-17(21)13(3)23-18(22)14-6-4-5-7-15(14)19/h4-10,13H,1-3H3,(H,20,21)/t13-/m1/s1. The van der Waals surface area contributed by atoms with Gasteiger partial charge in [0.2, 0.25) is 0 Å². The second-order valence-corrected chi connectivity index (χ2v) is 6.19. The van der Waals surface area contributed by atoms with Crippen molar-refractivity contribution in [1.29, 1.82) is 0 Å². The maximum Gasteiger partial charge on any atom is 0.340 e. The number of nitrogens with one attached hydrogen (secondary N) is 1. The average Bonchev–Trinajstić information content (AvgIpc) is 2.50. The van der Waals surface area contributed by atoms with E-state index in [1.807, 2.05) is 32.0 Å². The number of hydrogen-bond acceptors (Lipinski definition) is 3. The lowest BCUT2D eigenvalue weighted by Gasteiger charge is -2.15. The second kappa shape index (κ2) is 7.42. The maximum absolute atomic E-state index is 12.2. The Morgan fingerprint density at radius 1 is 1.13 bits per heavy atom. The molecule has 0 unspecified atom stereocenters. The number of ether oxygens (including phenoxy) is 1. The first-order chi connectivity index (χ1) is 10.9. The van der Waals surface area contributed by atoms with Gasteiger partial charge in [-0.25, -0.2) is 4.79 Å². The number of carbonyl (C=O) groups is 2. The normalized spacial score (nSPS) is 11.7. The highest BCUT2D eigenvalue weighted by Crippen LogP contribution is 2.19. The van der Waals surface area contributed by atoms with Gasteiger partial charge in [-0.15, -0.1) is 0 Å². The Labute approximate surface area is 144 Å². The lowest BCUT2D eigenvalue weighted by molar-refractivity contribution is -0.123. The minimum atomic E-state index is -0.893. The van der Waals surface area contributed by atoms with E-state index in [9.17, 15) is 9.59 Å². The van der Waals surface area contributed by atoms with Gasteiger partial charge in [-0.1, -0.05) is 29.8 Å². The van der Waals surface area contributed by atoms with E-state index in [4.69, 9.17) is 4.74 Å². The van der Waals surface area contributed by atoms with Gasteiger partial charge < -0.3 is 10.1 Å². The van der Waals surface area contributed by atoms with Crippen LogP contribution in [-0.4, -0.2) is 18.0 Å². The van der Waals surface area contributed by atoms with Crippen LogP contribution in [0.2, 0.25) is 0 Å². The first-order valence-corrected chi connectivity index (χ1v) is 8.01. The fourth-order valence-electron chi connectivity index (χ4n) is 2.09. The predicted molar refractivity (Wildman–Crippen MR) is 93.6 cm³/mol. The third kappa shape index (κ3) is 4.42. The number of amides is 1. The van der Waals surface area contributed by atoms with Crippen molar-refractivity contribution in [3.63, 3.8) is 0 Å². The van der Waals surface area contributed by atoms with E-state index in [2.05, 4.69) is 21.2 Å². The van der Waals surface area contributed by atoms with Crippen LogP contribution in [0.5, 0.6) is 0 Å². The van der Waals surface area contributed by atoms with Gasteiger partial charge in [0.05, 0.1) is 5.56 Å². The van der Waals surface area contributed by atoms with Crippen molar-refractivity contribution < 1.29 is 14.3 Å². The molecule has 120 valence electrons. The van der Waals surface area contributed by atoms with Crippen molar-refractivity contribution in [3.05, 3.63) is 63.6 Å². The molecule has 4 nitrogen and oxygen atoms in total. The minimum absolute atomic E-state index is 0.364. The Morgan fingerprint density at radius 2 is 1.83 bits per heavy atom. The topological polar surface area (TPSA) is 55.4 Å². The van der Waals surface area contributed by atoms with Crippen molar-refractivity contribution in [2.75, 3.05) is 5.32 Å². The summed E-state index contributed by atoms with van der Waals surface area (Å²) in [6.07, 6.45) is -0.893. The van der Waals surface area contributed by atoms with E-state index in [0.717, 1.165) is 11.1 Å². The van der Waals surface area contributed by atoms with E-state index in [1.165, 1.54) is 0 Å². The molecular formula is C18H18BrNO3. The molecular weight excluding hydrogens is 358 g/mol. The molecule has 2 aromatic rings. The van der Waals surface area contributed by atoms with Crippen LogP contribution < -0.4 is 5.32 Å². The lowest BCUT2D eigenvalue weighted by atomic mass is 10.1. The maximum atomic E-state index is 12.2. The quantitative estimate of drug-likeness (QED) is 0.812. The number of aryl methyl sites for hydroxylation is 2. The zero-order chi connectivity index (χ0) is 17.0. The van der Waals surface area contributed by atoms with Crippen molar-refractivity contribution >= 4 is 33.5 Å². The van der Waals surface area contributed by atoms with Gasteiger partial charge in [-0.05, 0) is 60.5 Å². The lowest BCUT2D eigenvalue weighted by Crippen LogP contribution is -2.30. The van der Waals surface area contributed by atoms with Gasteiger partial charge in [0.1, 0.15) is 0 Å². The zero-order valence-electron chi connectivity index (χ0n) is 13.2. The van der Waals surface area contributed by atoms with E-state index in [1.54, 1.807) is 31.2 Å². The Balaban J connectivity index is 2.03. The minimum Gasteiger partial charge on any atom is -0.449 e. The van der Waals surface area contributed by atoms with Crippen LogP contribution in [0.3, 0.4) is 0 Å². The molecule has 5 heteroatoms. The molecule has 2 rings (SSSR count). The van der Waals surface area contributed by atoms with Crippen molar-refractivity contribution in [1.82, 2.24) is 0 Å². The summed E-state index contributed by atoms with van der Waals surface area (Å²) < 4.78 is 5.87. The van der Waals surface area contributed by atoms with E-state index in [0.29, 0.717) is 15.7 Å². The van der Waals surface area contributed by atoms with Crippen LogP contribution >= 0.6 is 15.9 Å². The number of rotatable bonds is 4. The van der Waals surface area contributed by atoms with E-state index < -0.39 is 12.1 Å². The molecule has 2 aromatic carbocycles. The van der Waals surface area contributed by atoms with Gasteiger partial charge in [-0.3, -0.25) is 4.79 Å². The van der Waals surface area contributed by atoms with Crippen molar-refractivity contribution in [3.8, 4) is 0 Å². The molecule has 1 atom stereocenters. The number of halogens is 1. The summed E-state index contributed by atoms with van der Waals surface area (Å²) in [5, 5.41) is 2.78. The molecule has 0 aliphatic carbocycles. The summed E-state index contributed by atoms with van der Waals surface area (Å²) >= 11 is 3.29. The Morgan fingerprint density at radius 3 is 2.48 bits per heavy atom. The van der Waals surface area contributed by atoms with Crippen molar-refractivity contribution in [2.45, 2.75) is 26.9 Å². The summed E-state index contributed by atoms with van der Waals surface area (Å²) in [5.41, 5.74) is 3.18. The molecule has 23 heavy (non-hydrogen) atoms. The molecule has 0 heterocycles. The molecule has 1 amide bonds. The van der Waals surface area contributed by atoms with Crippen LogP contribution in [0.1, 0.15) is 28.4 Å². The molecule has 0 saturated carbocycles. The van der Waals surface area contributed by atoms with Crippen molar-refractivity contribution in [2.24, 2.45) is 0 Å². The Bertz CT molecular complexity index is 743. The molecule has 0 saturated heterocycles. The molecule has 0 aromatic heterocycles. The highest BCUT2D eigenvalue weighted by molar-refractivity contribution is 9.10. The molecule has 0 radical (unpaired) electrons. The van der Waals surface area contributed by atoms with Crippen LogP contribution in [0.4, 0.5) is 5.69 Å². The number of carbonyl (C=O) groups excluding carboxylic acids is 2. The molecule has 0 aliphatic heterocycles. The monoisotopic (exact) mass is 375 g/mol. The largest absolute Gasteiger partial charge is 0.449 e. The SMILES string of the molecule is Cc1ccc(NC(=O)[C@@H](C)OC(=O)c2ccccc2Br)c(C)c1. The second-order valence-electron chi connectivity index (χ2n) is 5.34. The van der Waals surface area contributed by atoms with Crippen LogP contribution in [0.25, 0.3) is 0 Å². The summed E-state index contributed by atoms with van der Waals surface area (Å²) in [7, 11) is 0. The molecule has 0 spiro atoms. The Hall–Kier alpha value is -2.14. The highest BCUT2D eigenvalue weighted by atomic mass is 79.9. The van der Waals surface area contributed by atoms with Gasteiger partial charge >= 0.3 is 5.97 Å². The number of hydrogen-bond donors (Lipinski definition) is 1. The molecule has 0 fully saturated rings. The van der Waals surface area contributed by atoms with E-state index >= 15 is 0 Å². The predicted octanol–water partition coefficient (Wildman–Crippen LogP) is 4.25. The highest BCUT2D eigenvalue weighted by Gasteiger charge is 2.20.